The summed E-state index contributed by atoms with van der Waals surface area (Å²) >= 11 is 1.58. The molecule has 0 saturated carbocycles. The molecular formula is C13H18O3S. The molecule has 0 spiro atoms. The van der Waals surface area contributed by atoms with E-state index < -0.39 is 0 Å². The molecule has 1 aromatic rings. The number of hydrogen-bond donors (Lipinski definition) is 1. The van der Waals surface area contributed by atoms with Crippen LogP contribution < -0.4 is 0 Å². The highest BCUT2D eigenvalue weighted by molar-refractivity contribution is 7.99. The van der Waals surface area contributed by atoms with Gasteiger partial charge in [-0.25, -0.2) is 0 Å². The van der Waals surface area contributed by atoms with Gasteiger partial charge >= 0.3 is 0 Å². The molecule has 17 heavy (non-hydrogen) atoms. The number of thioether (sulfide) groups is 1. The van der Waals surface area contributed by atoms with Gasteiger partial charge in [-0.1, -0.05) is 25.1 Å². The molecule has 1 heterocycles. The maximum atomic E-state index is 11.5. The van der Waals surface area contributed by atoms with Crippen molar-refractivity contribution in [2.75, 3.05) is 5.75 Å². The number of Topliss-reactive ketones (excluding diaryl/α,β-unsaturated/α-hetero) is 1. The average Bonchev–Trinajstić information content (AvgIpc) is 2.66. The third-order valence-corrected chi connectivity index (χ3v) is 3.42. The highest BCUT2D eigenvalue weighted by Gasteiger charge is 2.17. The summed E-state index contributed by atoms with van der Waals surface area (Å²) in [4.78, 5) is 11.5. The Balaban J connectivity index is 2.94. The van der Waals surface area contributed by atoms with Crippen LogP contribution in [-0.4, -0.2) is 16.6 Å². The summed E-state index contributed by atoms with van der Waals surface area (Å²) < 4.78 is 5.36. The van der Waals surface area contributed by atoms with Crippen molar-refractivity contribution in [3.05, 3.63) is 23.7 Å². The van der Waals surface area contributed by atoms with E-state index in [1.54, 1.807) is 24.1 Å². The van der Waals surface area contributed by atoms with Crippen molar-refractivity contribution >= 4 is 23.1 Å². The van der Waals surface area contributed by atoms with Crippen LogP contribution in [0.5, 0.6) is 0 Å². The zero-order valence-corrected chi connectivity index (χ0v) is 11.3. The Bertz CT molecular complexity index is 414. The maximum absolute atomic E-state index is 11.5. The summed E-state index contributed by atoms with van der Waals surface area (Å²) in [6.07, 6.45) is 3.77. The van der Waals surface area contributed by atoms with Gasteiger partial charge in [-0.3, -0.25) is 4.79 Å². The van der Waals surface area contributed by atoms with Crippen LogP contribution in [0.25, 0.3) is 5.57 Å². The molecular weight excluding hydrogens is 236 g/mol. The molecule has 1 aromatic heterocycles. The van der Waals surface area contributed by atoms with E-state index in [4.69, 9.17) is 4.42 Å². The van der Waals surface area contributed by atoms with E-state index in [0.29, 0.717) is 16.2 Å². The van der Waals surface area contributed by atoms with Gasteiger partial charge in [0.05, 0.1) is 11.8 Å². The van der Waals surface area contributed by atoms with Gasteiger partial charge in [-0.2, -0.15) is 0 Å². The van der Waals surface area contributed by atoms with Crippen LogP contribution in [0.3, 0.4) is 0 Å². The number of unbranched alkanes of at least 4 members (excludes halogenated alkanes) is 1. The normalized spacial score (nSPS) is 12.4. The molecule has 0 fully saturated rings. The van der Waals surface area contributed by atoms with E-state index in [9.17, 15) is 9.90 Å². The minimum Gasteiger partial charge on any atom is -0.512 e. The third-order valence-electron chi connectivity index (χ3n) is 2.34. The lowest BCUT2D eigenvalue weighted by molar-refractivity contribution is -0.111. The monoisotopic (exact) mass is 254 g/mol. The fourth-order valence-electron chi connectivity index (χ4n) is 1.54. The van der Waals surface area contributed by atoms with Gasteiger partial charge in [0, 0.05) is 11.3 Å². The third kappa shape index (κ3) is 3.66. The van der Waals surface area contributed by atoms with Crippen molar-refractivity contribution in [2.45, 2.75) is 38.7 Å². The van der Waals surface area contributed by atoms with Gasteiger partial charge in [0.15, 0.2) is 10.9 Å². The zero-order valence-electron chi connectivity index (χ0n) is 10.4. The fourth-order valence-corrected chi connectivity index (χ4v) is 2.61. The van der Waals surface area contributed by atoms with Crippen LogP contribution in [0, 0.1) is 0 Å². The fraction of sp³-hybridized carbons (Fsp3) is 0.462. The predicted molar refractivity (Wildman–Crippen MR) is 70.2 cm³/mol. The van der Waals surface area contributed by atoms with E-state index in [-0.39, 0.29) is 11.5 Å². The van der Waals surface area contributed by atoms with Crippen LogP contribution >= 0.6 is 11.8 Å². The lowest BCUT2D eigenvalue weighted by Crippen LogP contribution is -1.99. The van der Waals surface area contributed by atoms with Crippen molar-refractivity contribution in [3.63, 3.8) is 0 Å². The average molecular weight is 254 g/mol. The molecule has 3 nitrogen and oxygen atoms in total. The Morgan fingerprint density at radius 3 is 2.71 bits per heavy atom. The van der Waals surface area contributed by atoms with Gasteiger partial charge in [0.1, 0.15) is 5.76 Å². The number of carbonyl (C=O) groups excluding carboxylic acids is 1. The number of rotatable bonds is 6. The Kier molecular flexibility index (Phi) is 5.35. The molecule has 0 atom stereocenters. The van der Waals surface area contributed by atoms with E-state index in [2.05, 4.69) is 6.92 Å². The van der Waals surface area contributed by atoms with Crippen molar-refractivity contribution in [2.24, 2.45) is 0 Å². The molecule has 0 aromatic carbocycles. The second-order valence-electron chi connectivity index (χ2n) is 3.84. The number of carbonyl (C=O) groups is 1. The molecule has 0 aliphatic rings. The Morgan fingerprint density at radius 2 is 2.18 bits per heavy atom. The zero-order chi connectivity index (χ0) is 12.8. The molecule has 0 amide bonds. The summed E-state index contributed by atoms with van der Waals surface area (Å²) in [7, 11) is 0. The lowest BCUT2D eigenvalue weighted by Gasteiger charge is -2.05. The van der Waals surface area contributed by atoms with Crippen molar-refractivity contribution < 1.29 is 14.3 Å². The summed E-state index contributed by atoms with van der Waals surface area (Å²) in [6, 6.07) is 1.73. The number of aliphatic hydroxyl groups excluding tert-OH is 1. The number of allylic oxidation sites excluding steroid dienone is 2. The molecule has 4 heteroatoms. The van der Waals surface area contributed by atoms with E-state index in [0.717, 1.165) is 18.6 Å². The van der Waals surface area contributed by atoms with Gasteiger partial charge in [-0.05, 0) is 26.3 Å². The van der Waals surface area contributed by atoms with Crippen LogP contribution in [0.2, 0.25) is 0 Å². The van der Waals surface area contributed by atoms with Gasteiger partial charge in [0.25, 0.3) is 0 Å². The summed E-state index contributed by atoms with van der Waals surface area (Å²) in [5.74, 6) is 0.840. The smallest absolute Gasteiger partial charge is 0.168 e. The first kappa shape index (κ1) is 13.9. The van der Waals surface area contributed by atoms with Crippen molar-refractivity contribution in [3.8, 4) is 0 Å². The summed E-state index contributed by atoms with van der Waals surface area (Å²) in [5.41, 5.74) is 1.04. The van der Waals surface area contributed by atoms with Crippen molar-refractivity contribution in [1.82, 2.24) is 0 Å². The van der Waals surface area contributed by atoms with Gasteiger partial charge < -0.3 is 9.52 Å². The Hall–Kier alpha value is -1.16. The standard InChI is InChI=1S/C13H18O3S/c1-4-5-8-17-13-11(6-7-16-13)12(9(2)14)10(3)15/h6-7,14H,4-5,8H2,1-3H3/b12-9-. The van der Waals surface area contributed by atoms with Crippen LogP contribution in [-0.2, 0) is 4.79 Å². The molecule has 1 N–H and O–H groups in total. The SMILES string of the molecule is CCCCSc1occc1/C(C(C)=O)=C(/C)O. The first-order valence-electron chi connectivity index (χ1n) is 5.69. The van der Waals surface area contributed by atoms with E-state index >= 15 is 0 Å². The molecule has 94 valence electrons. The summed E-state index contributed by atoms with van der Waals surface area (Å²) in [5, 5.41) is 10.3. The van der Waals surface area contributed by atoms with Crippen LogP contribution in [0.4, 0.5) is 0 Å². The first-order chi connectivity index (χ1) is 8.07. The number of hydrogen-bond acceptors (Lipinski definition) is 4. The lowest BCUT2D eigenvalue weighted by atomic mass is 10.1. The topological polar surface area (TPSA) is 50.4 Å². The molecule has 0 radical (unpaired) electrons. The van der Waals surface area contributed by atoms with Crippen LogP contribution in [0.1, 0.15) is 39.2 Å². The second kappa shape index (κ2) is 6.55. The predicted octanol–water partition coefficient (Wildman–Crippen LogP) is 4.05. The Labute approximate surface area is 106 Å². The van der Waals surface area contributed by atoms with Gasteiger partial charge in [0.2, 0.25) is 0 Å². The van der Waals surface area contributed by atoms with Crippen LogP contribution in [0.15, 0.2) is 27.6 Å². The molecule has 0 aliphatic carbocycles. The largest absolute Gasteiger partial charge is 0.512 e. The second-order valence-corrected chi connectivity index (χ2v) is 4.91. The molecule has 0 aliphatic heterocycles. The van der Waals surface area contributed by atoms with Gasteiger partial charge in [-0.15, -0.1) is 0 Å². The van der Waals surface area contributed by atoms with E-state index in [1.807, 2.05) is 0 Å². The molecule has 1 rings (SSSR count). The number of ketones is 1. The number of furan rings is 1. The van der Waals surface area contributed by atoms with Crippen molar-refractivity contribution in [1.29, 1.82) is 0 Å². The molecule has 0 bridgehead atoms. The van der Waals surface area contributed by atoms with E-state index in [1.165, 1.54) is 13.8 Å². The molecule has 0 unspecified atom stereocenters. The number of aliphatic hydroxyl groups is 1. The Morgan fingerprint density at radius 1 is 1.47 bits per heavy atom. The maximum Gasteiger partial charge on any atom is 0.168 e. The minimum atomic E-state index is -0.149. The highest BCUT2D eigenvalue weighted by Crippen LogP contribution is 2.31. The summed E-state index contributed by atoms with van der Waals surface area (Å²) in [6.45, 7) is 5.09. The highest BCUT2D eigenvalue weighted by atomic mass is 32.2. The minimum absolute atomic E-state index is 0.0382. The molecule has 0 saturated heterocycles. The quantitative estimate of drug-likeness (QED) is 0.360. The first-order valence-corrected chi connectivity index (χ1v) is 6.68.